The van der Waals surface area contributed by atoms with E-state index in [0.29, 0.717) is 12.8 Å². The quantitative estimate of drug-likeness (QED) is 0.0609. The third-order valence-corrected chi connectivity index (χ3v) is 10.8. The van der Waals surface area contributed by atoms with Gasteiger partial charge in [0.15, 0.2) is 6.19 Å². The molecule has 13 heteroatoms. The van der Waals surface area contributed by atoms with Gasteiger partial charge in [-0.15, -0.1) is 0 Å². The zero-order chi connectivity index (χ0) is 34.6. The lowest BCUT2D eigenvalue weighted by atomic mass is 10.1. The summed E-state index contributed by atoms with van der Waals surface area (Å²) in [5.41, 5.74) is 2.61. The van der Waals surface area contributed by atoms with Crippen molar-refractivity contribution >= 4 is 31.9 Å². The van der Waals surface area contributed by atoms with Gasteiger partial charge in [0.2, 0.25) is 20.0 Å². The van der Waals surface area contributed by atoms with Crippen molar-refractivity contribution in [3.63, 3.8) is 0 Å². The van der Waals surface area contributed by atoms with Gasteiger partial charge in [-0.25, -0.2) is 21.6 Å². The second-order valence-corrected chi connectivity index (χ2v) is 15.4. The molecule has 3 aromatic carbocycles. The second kappa shape index (κ2) is 17.2. The number of sulfonamides is 2. The topological polar surface area (TPSA) is 169 Å². The van der Waals surface area contributed by atoms with E-state index in [-0.39, 0.29) is 47.5 Å². The Morgan fingerprint density at radius 2 is 1.47 bits per heavy atom. The molecule has 11 nitrogen and oxygen atoms in total. The molecule has 0 aliphatic carbocycles. The average molecular weight is 682 g/mol. The highest BCUT2D eigenvalue weighted by molar-refractivity contribution is 7.89. The summed E-state index contributed by atoms with van der Waals surface area (Å²) < 4.78 is 57.5. The van der Waals surface area contributed by atoms with E-state index in [0.717, 1.165) is 21.0 Å². The zero-order valence-electron chi connectivity index (χ0n) is 27.1. The standard InChI is InChI=1S/C34H43N5O6S2/c1-25(2)23-39(47(44,45)30-19-15-27(4)16-20-30)32(34(40)41)12-8-9-21-36-33(37-24-35)31(22-28-10-6-5-7-11-28)38-46(42,43)29-17-13-26(3)14-18-29/h5-7,10-11,13-20,25,31-32,38H,8-9,12,21-23H2,1-4H3,(H,36,37)(H,40,41)/t31-,32-/m0/s1. The lowest BCUT2D eigenvalue weighted by Gasteiger charge is -2.29. The minimum absolute atomic E-state index is 0.0316. The Kier molecular flexibility index (Phi) is 13.7. The normalized spacial score (nSPS) is 13.7. The van der Waals surface area contributed by atoms with Crippen LogP contribution in [0, 0.1) is 31.2 Å². The molecule has 0 saturated carbocycles. The molecule has 0 unspecified atom stereocenters. The monoisotopic (exact) mass is 681 g/mol. The molecule has 252 valence electrons. The van der Waals surface area contributed by atoms with E-state index in [1.54, 1.807) is 24.3 Å². The van der Waals surface area contributed by atoms with Crippen molar-refractivity contribution in [2.75, 3.05) is 13.1 Å². The van der Waals surface area contributed by atoms with Gasteiger partial charge >= 0.3 is 5.97 Å². The third-order valence-electron chi connectivity index (χ3n) is 7.40. The van der Waals surface area contributed by atoms with E-state index in [1.807, 2.05) is 64.2 Å². The van der Waals surface area contributed by atoms with E-state index in [2.05, 4.69) is 15.0 Å². The summed E-state index contributed by atoms with van der Waals surface area (Å²) in [5.74, 6) is -1.25. The fourth-order valence-corrected chi connectivity index (χ4v) is 7.92. The number of carboxylic acid groups (broad SMARTS) is 1. The summed E-state index contributed by atoms with van der Waals surface area (Å²) in [7, 11) is -8.07. The maximum atomic E-state index is 13.6. The number of aliphatic imine (C=N–C) groups is 1. The number of carboxylic acids is 1. The molecule has 47 heavy (non-hydrogen) atoms. The number of carbonyl (C=O) groups is 1. The number of amidine groups is 1. The van der Waals surface area contributed by atoms with Crippen LogP contribution < -0.4 is 10.0 Å². The lowest BCUT2D eigenvalue weighted by Crippen LogP contribution is -2.47. The first kappa shape index (κ1) is 37.4. The number of unbranched alkanes of at least 4 members (excludes halogenated alkanes) is 1. The number of hydrogen-bond acceptors (Lipinski definition) is 7. The van der Waals surface area contributed by atoms with Crippen LogP contribution in [0.15, 0.2) is 93.6 Å². The molecular formula is C34H43N5O6S2. The number of aliphatic carboxylic acids is 1. The van der Waals surface area contributed by atoms with Crippen molar-refractivity contribution in [1.82, 2.24) is 14.3 Å². The Bertz CT molecular complexity index is 1750. The Morgan fingerprint density at radius 3 is 2.00 bits per heavy atom. The molecule has 0 spiro atoms. The molecule has 0 heterocycles. The number of nitrogens with one attached hydrogen (secondary N) is 2. The minimum atomic E-state index is -4.09. The average Bonchev–Trinajstić information content (AvgIpc) is 3.01. The summed E-state index contributed by atoms with van der Waals surface area (Å²) in [6.07, 6.45) is 2.77. The van der Waals surface area contributed by atoms with E-state index in [9.17, 15) is 32.0 Å². The van der Waals surface area contributed by atoms with Crippen molar-refractivity contribution in [2.24, 2.45) is 10.9 Å². The van der Waals surface area contributed by atoms with Crippen LogP contribution >= 0.6 is 0 Å². The molecule has 0 bridgehead atoms. The first-order valence-corrected chi connectivity index (χ1v) is 18.3. The van der Waals surface area contributed by atoms with E-state index in [4.69, 9.17) is 0 Å². The molecule has 0 amide bonds. The van der Waals surface area contributed by atoms with Gasteiger partial charge in [0.25, 0.3) is 0 Å². The Labute approximate surface area is 278 Å². The Hall–Kier alpha value is -4.09. The molecule has 0 radical (unpaired) electrons. The summed E-state index contributed by atoms with van der Waals surface area (Å²) in [4.78, 5) is 17.0. The Morgan fingerprint density at radius 1 is 0.894 bits per heavy atom. The van der Waals surface area contributed by atoms with E-state index < -0.39 is 38.1 Å². The summed E-state index contributed by atoms with van der Waals surface area (Å²) >= 11 is 0. The number of aryl methyl sites for hydroxylation is 2. The van der Waals surface area contributed by atoms with Crippen LogP contribution in [-0.4, -0.2) is 63.2 Å². The number of nitriles is 1. The van der Waals surface area contributed by atoms with E-state index >= 15 is 0 Å². The van der Waals surface area contributed by atoms with E-state index in [1.165, 1.54) is 24.3 Å². The van der Waals surface area contributed by atoms with Crippen LogP contribution in [0.5, 0.6) is 0 Å². The summed E-state index contributed by atoms with van der Waals surface area (Å²) in [6, 6.07) is 19.7. The number of rotatable bonds is 17. The molecule has 0 saturated heterocycles. The highest BCUT2D eigenvalue weighted by Crippen LogP contribution is 2.23. The van der Waals surface area contributed by atoms with Gasteiger partial charge in [-0.05, 0) is 75.3 Å². The van der Waals surface area contributed by atoms with Crippen LogP contribution in [-0.2, 0) is 31.3 Å². The SMILES string of the molecule is Cc1ccc(S(=O)(=O)N[C@@H](Cc2ccccc2)C(=NCCCC[C@@H](C(=O)O)N(CC(C)C)S(=O)(=O)c2ccc(C)cc2)NC#N)cc1. The van der Waals surface area contributed by atoms with Gasteiger partial charge in [0.05, 0.1) is 15.8 Å². The first-order valence-electron chi connectivity index (χ1n) is 15.4. The molecule has 2 atom stereocenters. The van der Waals surface area contributed by atoms with Crippen molar-refractivity contribution < 1.29 is 26.7 Å². The van der Waals surface area contributed by atoms with Crippen LogP contribution in [0.1, 0.15) is 49.8 Å². The molecule has 0 aliphatic heterocycles. The predicted octanol–water partition coefficient (Wildman–Crippen LogP) is 4.63. The fourth-order valence-electron chi connectivity index (χ4n) is 4.95. The van der Waals surface area contributed by atoms with Gasteiger partial charge in [-0.2, -0.15) is 9.57 Å². The van der Waals surface area contributed by atoms with Crippen molar-refractivity contribution in [1.29, 1.82) is 5.26 Å². The smallest absolute Gasteiger partial charge is 0.322 e. The van der Waals surface area contributed by atoms with Crippen molar-refractivity contribution in [3.05, 3.63) is 95.6 Å². The van der Waals surface area contributed by atoms with Gasteiger partial charge in [-0.1, -0.05) is 79.6 Å². The number of hydrogen-bond donors (Lipinski definition) is 3. The molecule has 3 aromatic rings. The zero-order valence-corrected chi connectivity index (χ0v) is 28.8. The number of nitrogens with zero attached hydrogens (tertiary/aromatic N) is 3. The third kappa shape index (κ3) is 11.0. The highest BCUT2D eigenvalue weighted by Gasteiger charge is 2.36. The summed E-state index contributed by atoms with van der Waals surface area (Å²) in [6.45, 7) is 7.52. The highest BCUT2D eigenvalue weighted by atomic mass is 32.2. The van der Waals surface area contributed by atoms with Crippen molar-refractivity contribution in [2.45, 2.75) is 75.3 Å². The van der Waals surface area contributed by atoms with Crippen LogP contribution in [0.25, 0.3) is 0 Å². The number of benzene rings is 3. The molecule has 3 N–H and O–H groups in total. The van der Waals surface area contributed by atoms with Crippen LogP contribution in [0.3, 0.4) is 0 Å². The minimum Gasteiger partial charge on any atom is -0.480 e. The summed E-state index contributed by atoms with van der Waals surface area (Å²) in [5, 5.41) is 22.1. The van der Waals surface area contributed by atoms with Gasteiger partial charge in [0.1, 0.15) is 11.9 Å². The predicted molar refractivity (Wildman–Crippen MR) is 182 cm³/mol. The largest absolute Gasteiger partial charge is 0.480 e. The van der Waals surface area contributed by atoms with Crippen LogP contribution in [0.2, 0.25) is 0 Å². The fraction of sp³-hybridized carbons (Fsp3) is 0.382. The van der Waals surface area contributed by atoms with Gasteiger partial charge in [0, 0.05) is 13.1 Å². The van der Waals surface area contributed by atoms with Gasteiger partial charge in [-0.3, -0.25) is 15.1 Å². The molecule has 0 aliphatic rings. The molecule has 0 aromatic heterocycles. The molecule has 3 rings (SSSR count). The van der Waals surface area contributed by atoms with Crippen LogP contribution in [0.4, 0.5) is 0 Å². The maximum Gasteiger partial charge on any atom is 0.322 e. The van der Waals surface area contributed by atoms with Crippen molar-refractivity contribution in [3.8, 4) is 6.19 Å². The Balaban J connectivity index is 1.80. The molecular weight excluding hydrogens is 639 g/mol. The second-order valence-electron chi connectivity index (χ2n) is 11.8. The first-order chi connectivity index (χ1) is 22.2. The van der Waals surface area contributed by atoms with Gasteiger partial charge < -0.3 is 5.11 Å². The molecule has 0 fully saturated rings. The lowest BCUT2D eigenvalue weighted by molar-refractivity contribution is -0.141. The maximum absolute atomic E-state index is 13.6.